The maximum absolute atomic E-state index is 12.4. The first-order chi connectivity index (χ1) is 14.3. The van der Waals surface area contributed by atoms with Gasteiger partial charge in [0.15, 0.2) is 0 Å². The van der Waals surface area contributed by atoms with Crippen LogP contribution in [0.1, 0.15) is 63.1 Å². The fraction of sp³-hybridized carbons (Fsp3) is 0.417. The summed E-state index contributed by atoms with van der Waals surface area (Å²) in [7, 11) is 0. The Bertz CT molecular complexity index is 915. The lowest BCUT2D eigenvalue weighted by Gasteiger charge is -2.36. The van der Waals surface area contributed by atoms with Crippen molar-refractivity contribution >= 4 is 17.5 Å². The van der Waals surface area contributed by atoms with Crippen LogP contribution >= 0.6 is 0 Å². The Balaban J connectivity index is 0.000000216. The molecule has 0 aromatic heterocycles. The SMILES string of the molecule is CC1(C)OC(=O)N(C2CCCCC2)C1c1ccccc1.N#Cc1ccc(N)c(N)c1. The first-order valence-electron chi connectivity index (χ1n) is 10.4. The van der Waals surface area contributed by atoms with Crippen LogP contribution in [0.4, 0.5) is 16.2 Å². The molecule has 4 rings (SSSR count). The summed E-state index contributed by atoms with van der Waals surface area (Å²) in [6.07, 6.45) is 5.80. The highest BCUT2D eigenvalue weighted by Gasteiger charge is 2.50. The summed E-state index contributed by atoms with van der Waals surface area (Å²) in [5.74, 6) is 0. The molecule has 1 heterocycles. The smallest absolute Gasteiger partial charge is 0.411 e. The van der Waals surface area contributed by atoms with Gasteiger partial charge < -0.3 is 16.2 Å². The van der Waals surface area contributed by atoms with Crippen molar-refractivity contribution in [2.45, 2.75) is 63.6 Å². The third kappa shape index (κ3) is 4.68. The normalized spacial score (nSPS) is 20.6. The molecule has 0 radical (unpaired) electrons. The van der Waals surface area contributed by atoms with E-state index in [1.54, 1.807) is 18.2 Å². The van der Waals surface area contributed by atoms with Gasteiger partial charge in [-0.2, -0.15) is 5.26 Å². The van der Waals surface area contributed by atoms with E-state index in [-0.39, 0.29) is 12.1 Å². The summed E-state index contributed by atoms with van der Waals surface area (Å²) in [6, 6.07) is 17.4. The Kier molecular flexibility index (Phi) is 6.51. The third-order valence-electron chi connectivity index (χ3n) is 5.80. The number of carbonyl (C=O) groups excluding carboxylic acids is 1. The molecule has 0 spiro atoms. The first kappa shape index (κ1) is 21.5. The van der Waals surface area contributed by atoms with E-state index in [9.17, 15) is 4.79 Å². The van der Waals surface area contributed by atoms with Gasteiger partial charge >= 0.3 is 6.09 Å². The number of nitrogen functional groups attached to an aromatic ring is 2. The van der Waals surface area contributed by atoms with E-state index in [2.05, 4.69) is 12.1 Å². The van der Waals surface area contributed by atoms with Crippen molar-refractivity contribution in [1.29, 1.82) is 5.26 Å². The highest BCUT2D eigenvalue weighted by Crippen LogP contribution is 2.44. The molecule has 30 heavy (non-hydrogen) atoms. The number of nitrogens with zero attached hydrogens (tertiary/aromatic N) is 2. The number of cyclic esters (lactones) is 1. The monoisotopic (exact) mass is 406 g/mol. The number of hydrogen-bond donors (Lipinski definition) is 2. The van der Waals surface area contributed by atoms with Crippen molar-refractivity contribution in [3.8, 4) is 6.07 Å². The number of carbonyl (C=O) groups is 1. The van der Waals surface area contributed by atoms with Crippen molar-refractivity contribution in [3.63, 3.8) is 0 Å². The van der Waals surface area contributed by atoms with Crippen molar-refractivity contribution in [1.82, 2.24) is 4.90 Å². The minimum atomic E-state index is -0.462. The molecule has 6 heteroatoms. The van der Waals surface area contributed by atoms with Gasteiger partial charge in [-0.15, -0.1) is 0 Å². The predicted octanol–water partition coefficient (Wildman–Crippen LogP) is 5.01. The zero-order valence-electron chi connectivity index (χ0n) is 17.7. The lowest BCUT2D eigenvalue weighted by Crippen LogP contribution is -2.41. The van der Waals surface area contributed by atoms with E-state index in [1.807, 2.05) is 43.0 Å². The second kappa shape index (κ2) is 9.08. The van der Waals surface area contributed by atoms with Crippen LogP contribution < -0.4 is 11.5 Å². The first-order valence-corrected chi connectivity index (χ1v) is 10.4. The number of nitrogens with two attached hydrogens (primary N) is 2. The number of hydrogen-bond acceptors (Lipinski definition) is 5. The molecule has 1 unspecified atom stereocenters. The quantitative estimate of drug-likeness (QED) is 0.682. The molecule has 1 aliphatic carbocycles. The molecule has 1 amide bonds. The number of nitriles is 1. The summed E-state index contributed by atoms with van der Waals surface area (Å²) in [6.45, 7) is 4.04. The van der Waals surface area contributed by atoms with Crippen LogP contribution in [0.25, 0.3) is 0 Å². The van der Waals surface area contributed by atoms with Gasteiger partial charge in [-0.05, 0) is 50.5 Å². The largest absolute Gasteiger partial charge is 0.441 e. The van der Waals surface area contributed by atoms with Crippen molar-refractivity contribution < 1.29 is 9.53 Å². The zero-order chi connectivity index (χ0) is 21.7. The van der Waals surface area contributed by atoms with E-state index in [1.165, 1.54) is 24.8 Å². The minimum Gasteiger partial charge on any atom is -0.441 e. The topological polar surface area (TPSA) is 105 Å². The number of benzene rings is 2. The standard InChI is InChI=1S/C17H23NO2.C7H7N3/c1-17(2)15(13-9-5-3-6-10-13)18(16(19)20-17)14-11-7-4-8-12-14;8-4-5-1-2-6(9)7(10)3-5/h3,5-6,9-10,14-15H,4,7-8,11-12H2,1-2H3;1-3H,9-10H2. The van der Waals surface area contributed by atoms with Crippen LogP contribution in [-0.4, -0.2) is 22.6 Å². The van der Waals surface area contributed by atoms with Gasteiger partial charge in [-0.25, -0.2) is 4.79 Å². The van der Waals surface area contributed by atoms with E-state index in [4.69, 9.17) is 21.5 Å². The lowest BCUT2D eigenvalue weighted by atomic mass is 9.87. The zero-order valence-corrected chi connectivity index (χ0v) is 17.7. The third-order valence-corrected chi connectivity index (χ3v) is 5.80. The summed E-state index contributed by atoms with van der Waals surface area (Å²) < 4.78 is 5.67. The Labute approximate surface area is 178 Å². The molecule has 2 aromatic carbocycles. The molecular formula is C24H30N4O2. The van der Waals surface area contributed by atoms with E-state index in [0.29, 0.717) is 23.0 Å². The molecule has 1 saturated carbocycles. The molecule has 1 aliphatic heterocycles. The van der Waals surface area contributed by atoms with Crippen molar-refractivity contribution in [3.05, 3.63) is 59.7 Å². The van der Waals surface area contributed by atoms with E-state index >= 15 is 0 Å². The Hall–Kier alpha value is -3.20. The molecule has 158 valence electrons. The Morgan fingerprint density at radius 3 is 2.30 bits per heavy atom. The van der Waals surface area contributed by atoms with Crippen LogP contribution in [0.2, 0.25) is 0 Å². The number of rotatable bonds is 2. The van der Waals surface area contributed by atoms with Crippen molar-refractivity contribution in [2.24, 2.45) is 0 Å². The van der Waals surface area contributed by atoms with Crippen LogP contribution in [-0.2, 0) is 4.74 Å². The van der Waals surface area contributed by atoms with Gasteiger partial charge in [-0.3, -0.25) is 4.90 Å². The second-order valence-electron chi connectivity index (χ2n) is 8.44. The molecule has 0 bridgehead atoms. The summed E-state index contributed by atoms with van der Waals surface area (Å²) in [5.41, 5.74) is 13.0. The van der Waals surface area contributed by atoms with Gasteiger partial charge in [0.1, 0.15) is 5.60 Å². The molecule has 1 atom stereocenters. The highest BCUT2D eigenvalue weighted by molar-refractivity contribution is 5.72. The molecule has 2 aliphatic rings. The molecular weight excluding hydrogens is 376 g/mol. The average molecular weight is 407 g/mol. The fourth-order valence-electron chi connectivity index (χ4n) is 4.33. The Morgan fingerprint density at radius 1 is 1.03 bits per heavy atom. The van der Waals surface area contributed by atoms with Crippen LogP contribution in [0.5, 0.6) is 0 Å². The van der Waals surface area contributed by atoms with E-state index < -0.39 is 5.60 Å². The van der Waals surface area contributed by atoms with Crippen LogP contribution in [0.3, 0.4) is 0 Å². The molecule has 1 saturated heterocycles. The van der Waals surface area contributed by atoms with Gasteiger partial charge in [0.05, 0.1) is 29.0 Å². The predicted molar refractivity (Wildman–Crippen MR) is 118 cm³/mol. The van der Waals surface area contributed by atoms with Crippen molar-refractivity contribution in [2.75, 3.05) is 11.5 Å². The average Bonchev–Trinajstić information content (AvgIpc) is 3.00. The number of anilines is 2. The van der Waals surface area contributed by atoms with Crippen LogP contribution in [0.15, 0.2) is 48.5 Å². The molecule has 2 aromatic rings. The molecule has 4 N–H and O–H groups in total. The number of amides is 1. The maximum atomic E-state index is 12.4. The summed E-state index contributed by atoms with van der Waals surface area (Å²) in [5, 5.41) is 8.41. The van der Waals surface area contributed by atoms with Gasteiger partial charge in [0.25, 0.3) is 0 Å². The van der Waals surface area contributed by atoms with Gasteiger partial charge in [-0.1, -0.05) is 49.6 Å². The summed E-state index contributed by atoms with van der Waals surface area (Å²) >= 11 is 0. The maximum Gasteiger partial charge on any atom is 0.411 e. The van der Waals surface area contributed by atoms with Gasteiger partial charge in [0, 0.05) is 6.04 Å². The van der Waals surface area contributed by atoms with Gasteiger partial charge in [0.2, 0.25) is 0 Å². The minimum absolute atomic E-state index is 0.0271. The van der Waals surface area contributed by atoms with E-state index in [0.717, 1.165) is 12.8 Å². The number of ether oxygens (including phenoxy) is 1. The highest BCUT2D eigenvalue weighted by atomic mass is 16.6. The Morgan fingerprint density at radius 2 is 1.70 bits per heavy atom. The molecule has 2 fully saturated rings. The summed E-state index contributed by atoms with van der Waals surface area (Å²) in [4.78, 5) is 14.4. The van der Waals surface area contributed by atoms with Crippen LogP contribution in [0, 0.1) is 11.3 Å². The lowest BCUT2D eigenvalue weighted by molar-refractivity contribution is 0.0665. The second-order valence-corrected chi connectivity index (χ2v) is 8.44. The fourth-order valence-corrected chi connectivity index (χ4v) is 4.33. The molecule has 6 nitrogen and oxygen atoms in total.